The fourth-order valence-corrected chi connectivity index (χ4v) is 4.96. The molecule has 0 bridgehead atoms. The van der Waals surface area contributed by atoms with E-state index in [1.807, 2.05) is 56.0 Å². The van der Waals surface area contributed by atoms with Gasteiger partial charge in [-0.05, 0) is 57.2 Å². The molecule has 0 aliphatic carbocycles. The summed E-state index contributed by atoms with van der Waals surface area (Å²) in [5, 5.41) is 4.74. The molecule has 1 aliphatic rings. The molecular weight excluding hydrogens is 398 g/mol. The molecule has 0 saturated carbocycles. The Morgan fingerprint density at radius 1 is 1.17 bits per heavy atom. The van der Waals surface area contributed by atoms with Gasteiger partial charge in [0.1, 0.15) is 11.5 Å². The minimum absolute atomic E-state index is 0.0669. The molecule has 1 amide bonds. The van der Waals surface area contributed by atoms with Gasteiger partial charge in [0.15, 0.2) is 0 Å². The Balaban J connectivity index is 1.69. The predicted octanol–water partition coefficient (Wildman–Crippen LogP) is 5.55. The van der Waals surface area contributed by atoms with Crippen molar-refractivity contribution >= 4 is 34.5 Å². The molecule has 3 aromatic heterocycles. The molecule has 152 valence electrons. The molecule has 6 nitrogen and oxygen atoms in total. The number of rotatable bonds is 2. The fraction of sp³-hybridized carbons (Fsp3) is 0.261. The monoisotopic (exact) mass is 419 g/mol. The molecule has 0 fully saturated rings. The third-order valence-corrected chi connectivity index (χ3v) is 6.50. The summed E-state index contributed by atoms with van der Waals surface area (Å²) in [4.78, 5) is 21.5. The molecule has 1 aliphatic heterocycles. The van der Waals surface area contributed by atoms with Crippen LogP contribution in [0, 0.1) is 20.8 Å². The SMILES string of the molecule is Cc1cc(-c2cc(C(=O)N3CCCSc4ccccc43)c3c(C)noc3n2)c(C)o1. The molecule has 5 rings (SSSR count). The topological polar surface area (TPSA) is 72.4 Å². The Morgan fingerprint density at radius 2 is 2.00 bits per heavy atom. The van der Waals surface area contributed by atoms with Crippen LogP contribution in [0.1, 0.15) is 34.0 Å². The number of pyridine rings is 1. The van der Waals surface area contributed by atoms with Crippen LogP contribution < -0.4 is 4.90 Å². The maximum atomic E-state index is 13.8. The normalized spacial score (nSPS) is 14.0. The Labute approximate surface area is 178 Å². The van der Waals surface area contributed by atoms with E-state index < -0.39 is 0 Å². The molecule has 0 saturated heterocycles. The maximum absolute atomic E-state index is 13.8. The molecule has 0 spiro atoms. The molecular formula is C23H21N3O3S. The Kier molecular flexibility index (Phi) is 4.62. The second kappa shape index (κ2) is 7.32. The highest BCUT2D eigenvalue weighted by molar-refractivity contribution is 7.99. The van der Waals surface area contributed by atoms with Crippen molar-refractivity contribution in [2.75, 3.05) is 17.2 Å². The molecule has 1 aromatic carbocycles. The van der Waals surface area contributed by atoms with E-state index in [-0.39, 0.29) is 5.91 Å². The number of amides is 1. The summed E-state index contributed by atoms with van der Waals surface area (Å²) in [6, 6.07) is 11.8. The first-order valence-electron chi connectivity index (χ1n) is 9.91. The number of aromatic nitrogens is 2. The highest BCUT2D eigenvalue weighted by atomic mass is 32.2. The number of nitrogens with zero attached hydrogens (tertiary/aromatic N) is 3. The third-order valence-electron chi connectivity index (χ3n) is 5.35. The van der Waals surface area contributed by atoms with Gasteiger partial charge in [-0.2, -0.15) is 0 Å². The first kappa shape index (κ1) is 18.9. The number of fused-ring (bicyclic) bond motifs is 2. The van der Waals surface area contributed by atoms with E-state index in [1.165, 1.54) is 0 Å². The number of furan rings is 1. The van der Waals surface area contributed by atoms with Crippen LogP contribution in [0.2, 0.25) is 0 Å². The van der Waals surface area contributed by atoms with Crippen molar-refractivity contribution in [1.29, 1.82) is 0 Å². The van der Waals surface area contributed by atoms with E-state index in [2.05, 4.69) is 16.2 Å². The van der Waals surface area contributed by atoms with Crippen LogP contribution in [0.15, 0.2) is 50.2 Å². The largest absolute Gasteiger partial charge is 0.466 e. The second-order valence-corrected chi connectivity index (χ2v) is 8.59. The highest BCUT2D eigenvalue weighted by Gasteiger charge is 2.27. The number of hydrogen-bond acceptors (Lipinski definition) is 6. The van der Waals surface area contributed by atoms with Crippen molar-refractivity contribution in [3.8, 4) is 11.3 Å². The van der Waals surface area contributed by atoms with Crippen LogP contribution in [0.3, 0.4) is 0 Å². The quantitative estimate of drug-likeness (QED) is 0.424. The Hall–Kier alpha value is -3.06. The van der Waals surface area contributed by atoms with Crippen LogP contribution in [0.5, 0.6) is 0 Å². The Morgan fingerprint density at radius 3 is 2.80 bits per heavy atom. The first-order chi connectivity index (χ1) is 14.5. The van der Waals surface area contributed by atoms with Crippen LogP contribution in [0.25, 0.3) is 22.4 Å². The Bertz CT molecular complexity index is 1270. The number of carbonyl (C=O) groups is 1. The number of hydrogen-bond donors (Lipinski definition) is 0. The average molecular weight is 420 g/mol. The number of benzene rings is 1. The summed E-state index contributed by atoms with van der Waals surface area (Å²) < 4.78 is 11.1. The van der Waals surface area contributed by atoms with Crippen LogP contribution in [-0.4, -0.2) is 28.3 Å². The molecule has 4 heterocycles. The van der Waals surface area contributed by atoms with Gasteiger partial charge in [-0.25, -0.2) is 4.98 Å². The number of para-hydroxylation sites is 1. The molecule has 0 N–H and O–H groups in total. The predicted molar refractivity (Wildman–Crippen MR) is 117 cm³/mol. The van der Waals surface area contributed by atoms with Gasteiger partial charge in [-0.1, -0.05) is 17.3 Å². The van der Waals surface area contributed by atoms with Crippen molar-refractivity contribution in [1.82, 2.24) is 10.1 Å². The molecule has 30 heavy (non-hydrogen) atoms. The lowest BCUT2D eigenvalue weighted by atomic mass is 10.0. The van der Waals surface area contributed by atoms with Crippen molar-refractivity contribution < 1.29 is 13.7 Å². The molecule has 7 heteroatoms. The number of aryl methyl sites for hydroxylation is 3. The molecule has 0 unspecified atom stereocenters. The van der Waals surface area contributed by atoms with Gasteiger partial charge < -0.3 is 13.8 Å². The van der Waals surface area contributed by atoms with E-state index in [9.17, 15) is 4.79 Å². The van der Waals surface area contributed by atoms with Crippen molar-refractivity contribution in [3.63, 3.8) is 0 Å². The third kappa shape index (κ3) is 3.10. The van der Waals surface area contributed by atoms with Gasteiger partial charge in [0, 0.05) is 17.0 Å². The lowest BCUT2D eigenvalue weighted by Crippen LogP contribution is -2.32. The zero-order chi connectivity index (χ0) is 20.8. The van der Waals surface area contributed by atoms with E-state index in [0.717, 1.165) is 39.8 Å². The molecule has 0 radical (unpaired) electrons. The second-order valence-electron chi connectivity index (χ2n) is 7.46. The maximum Gasteiger partial charge on any atom is 0.259 e. The van der Waals surface area contributed by atoms with Gasteiger partial charge in [0.2, 0.25) is 0 Å². The first-order valence-corrected chi connectivity index (χ1v) is 10.9. The van der Waals surface area contributed by atoms with Crippen LogP contribution in [0.4, 0.5) is 5.69 Å². The molecule has 4 aromatic rings. The summed E-state index contributed by atoms with van der Waals surface area (Å²) in [7, 11) is 0. The van der Waals surface area contributed by atoms with E-state index in [4.69, 9.17) is 8.94 Å². The zero-order valence-electron chi connectivity index (χ0n) is 17.1. The summed E-state index contributed by atoms with van der Waals surface area (Å²) >= 11 is 1.79. The number of thioether (sulfide) groups is 1. The van der Waals surface area contributed by atoms with Gasteiger partial charge >= 0.3 is 0 Å². The van der Waals surface area contributed by atoms with Gasteiger partial charge in [-0.3, -0.25) is 4.79 Å². The van der Waals surface area contributed by atoms with Gasteiger partial charge in [0.05, 0.1) is 28.0 Å². The van der Waals surface area contributed by atoms with E-state index in [1.54, 1.807) is 11.8 Å². The van der Waals surface area contributed by atoms with Crippen molar-refractivity contribution in [3.05, 3.63) is 59.2 Å². The number of anilines is 1. The fourth-order valence-electron chi connectivity index (χ4n) is 3.97. The minimum Gasteiger partial charge on any atom is -0.466 e. The van der Waals surface area contributed by atoms with Crippen LogP contribution in [-0.2, 0) is 0 Å². The highest BCUT2D eigenvalue weighted by Crippen LogP contribution is 2.36. The number of carbonyl (C=O) groups excluding carboxylic acids is 1. The van der Waals surface area contributed by atoms with Gasteiger partial charge in [-0.15, -0.1) is 11.8 Å². The average Bonchev–Trinajstić information content (AvgIpc) is 3.20. The van der Waals surface area contributed by atoms with Crippen molar-refractivity contribution in [2.45, 2.75) is 32.1 Å². The standard InChI is InChI=1S/C23H21N3O3S/c1-13-11-16(15(3)28-13)18-12-17(21-14(2)25-29-22(21)24-18)23(27)26-9-6-10-30-20-8-5-4-7-19(20)26/h4-5,7-8,11-12H,6,9-10H2,1-3H3. The summed E-state index contributed by atoms with van der Waals surface area (Å²) in [6.07, 6.45) is 0.925. The molecule has 0 atom stereocenters. The lowest BCUT2D eigenvalue weighted by Gasteiger charge is -2.23. The summed E-state index contributed by atoms with van der Waals surface area (Å²) in [5.41, 5.74) is 4.02. The smallest absolute Gasteiger partial charge is 0.259 e. The summed E-state index contributed by atoms with van der Waals surface area (Å²) in [6.45, 7) is 6.29. The van der Waals surface area contributed by atoms with Gasteiger partial charge in [0.25, 0.3) is 11.6 Å². The minimum atomic E-state index is -0.0669. The van der Waals surface area contributed by atoms with E-state index >= 15 is 0 Å². The van der Waals surface area contributed by atoms with E-state index in [0.29, 0.717) is 34.6 Å². The summed E-state index contributed by atoms with van der Waals surface area (Å²) in [5.74, 6) is 2.47. The van der Waals surface area contributed by atoms with Crippen LogP contribution >= 0.6 is 11.8 Å². The lowest BCUT2D eigenvalue weighted by molar-refractivity contribution is 0.0988. The zero-order valence-corrected chi connectivity index (χ0v) is 17.9. The van der Waals surface area contributed by atoms with Crippen molar-refractivity contribution in [2.24, 2.45) is 0 Å².